The molecule has 1 aromatic heterocycles. The highest BCUT2D eigenvalue weighted by molar-refractivity contribution is 5.98. The lowest BCUT2D eigenvalue weighted by Gasteiger charge is -2.24. The molecule has 3 atom stereocenters. The number of carbonyl (C=O) groups excluding carboxylic acids is 2. The fraction of sp³-hybridized carbons (Fsp3) is 0.571. The maximum Gasteiger partial charge on any atom is 0.257 e. The summed E-state index contributed by atoms with van der Waals surface area (Å²) in [6.07, 6.45) is 1.93. The Morgan fingerprint density at radius 3 is 2.86 bits per heavy atom. The maximum absolute atomic E-state index is 12.3. The van der Waals surface area contributed by atoms with Gasteiger partial charge in [-0.3, -0.25) is 9.59 Å². The number of furan rings is 1. The van der Waals surface area contributed by atoms with E-state index < -0.39 is 30.1 Å². The van der Waals surface area contributed by atoms with Crippen molar-refractivity contribution in [3.63, 3.8) is 0 Å². The number of hydrogen-bond donors (Lipinski definition) is 3. The fourth-order valence-corrected chi connectivity index (χ4v) is 2.37. The van der Waals surface area contributed by atoms with Crippen molar-refractivity contribution in [2.75, 3.05) is 13.1 Å². The third kappa shape index (κ3) is 3.25. The van der Waals surface area contributed by atoms with Crippen LogP contribution in [-0.2, 0) is 4.79 Å². The van der Waals surface area contributed by atoms with Crippen LogP contribution in [0.3, 0.4) is 0 Å². The Bertz CT molecular complexity index is 488. The van der Waals surface area contributed by atoms with E-state index in [4.69, 9.17) is 4.42 Å². The number of likely N-dealkylation sites (tertiary alicyclic amines) is 1. The molecule has 1 aliphatic heterocycles. The summed E-state index contributed by atoms with van der Waals surface area (Å²) in [5, 5.41) is 22.4. The lowest BCUT2D eigenvalue weighted by molar-refractivity contribution is -0.127. The molecule has 0 radical (unpaired) electrons. The molecule has 2 rings (SSSR count). The second-order valence-electron chi connectivity index (χ2n) is 5.12. The number of nitrogens with zero attached hydrogens (tertiary/aromatic N) is 1. The Hall–Kier alpha value is -1.86. The summed E-state index contributed by atoms with van der Waals surface area (Å²) >= 11 is 0. The highest BCUT2D eigenvalue weighted by Gasteiger charge is 2.46. The minimum Gasteiger partial charge on any atom is -0.472 e. The summed E-state index contributed by atoms with van der Waals surface area (Å²) in [6, 6.07) is 0.394. The zero-order valence-electron chi connectivity index (χ0n) is 11.9. The van der Waals surface area contributed by atoms with Crippen LogP contribution < -0.4 is 5.32 Å². The molecule has 7 nitrogen and oxygen atoms in total. The van der Waals surface area contributed by atoms with Gasteiger partial charge in [0.25, 0.3) is 5.91 Å². The minimum absolute atomic E-state index is 0.0863. The molecule has 1 saturated heterocycles. The van der Waals surface area contributed by atoms with Gasteiger partial charge in [-0.2, -0.15) is 0 Å². The molecule has 0 unspecified atom stereocenters. The van der Waals surface area contributed by atoms with E-state index in [2.05, 4.69) is 5.32 Å². The summed E-state index contributed by atoms with van der Waals surface area (Å²) in [7, 11) is 0. The van der Waals surface area contributed by atoms with Gasteiger partial charge in [0.2, 0.25) is 5.91 Å². The molecular weight excluding hydrogens is 276 g/mol. The average Bonchev–Trinajstić information content (AvgIpc) is 3.08. The summed E-state index contributed by atoms with van der Waals surface area (Å²) in [5.41, 5.74) is 0.280. The van der Waals surface area contributed by atoms with Gasteiger partial charge in [0.15, 0.2) is 0 Å². The number of carbonyl (C=O) groups is 2. The number of hydrogen-bond acceptors (Lipinski definition) is 5. The zero-order valence-corrected chi connectivity index (χ0v) is 11.9. The molecule has 2 amide bonds. The number of nitrogens with one attached hydrogen (secondary N) is 1. The van der Waals surface area contributed by atoms with Crippen molar-refractivity contribution < 1.29 is 24.2 Å². The largest absolute Gasteiger partial charge is 0.472 e. The predicted molar refractivity (Wildman–Crippen MR) is 73.5 cm³/mol. The molecule has 1 aliphatic rings. The molecule has 0 aromatic carbocycles. The third-order valence-electron chi connectivity index (χ3n) is 3.56. The Kier molecular flexibility index (Phi) is 4.98. The van der Waals surface area contributed by atoms with E-state index in [0.29, 0.717) is 6.54 Å². The molecule has 0 saturated carbocycles. The third-order valence-corrected chi connectivity index (χ3v) is 3.56. The van der Waals surface area contributed by atoms with Gasteiger partial charge in [0, 0.05) is 6.54 Å². The zero-order chi connectivity index (χ0) is 15.4. The van der Waals surface area contributed by atoms with Crippen LogP contribution in [0.25, 0.3) is 0 Å². The summed E-state index contributed by atoms with van der Waals surface area (Å²) in [6.45, 7) is 2.38. The summed E-state index contributed by atoms with van der Waals surface area (Å²) in [5.74, 6) is -0.903. The Balaban J connectivity index is 2.11. The first-order valence-corrected chi connectivity index (χ1v) is 7.03. The van der Waals surface area contributed by atoms with Crippen LogP contribution in [0, 0.1) is 0 Å². The Morgan fingerprint density at radius 2 is 2.24 bits per heavy atom. The van der Waals surface area contributed by atoms with Gasteiger partial charge >= 0.3 is 0 Å². The molecule has 0 aliphatic carbocycles. The van der Waals surface area contributed by atoms with Crippen molar-refractivity contribution in [1.82, 2.24) is 10.2 Å². The van der Waals surface area contributed by atoms with Crippen molar-refractivity contribution >= 4 is 11.8 Å². The molecule has 0 bridgehead atoms. The molecule has 116 valence electrons. The lowest BCUT2D eigenvalue weighted by atomic mass is 10.1. The van der Waals surface area contributed by atoms with E-state index in [0.717, 1.165) is 12.8 Å². The second kappa shape index (κ2) is 6.73. The van der Waals surface area contributed by atoms with Crippen molar-refractivity contribution in [1.29, 1.82) is 0 Å². The van der Waals surface area contributed by atoms with Gasteiger partial charge in [-0.05, 0) is 12.5 Å². The van der Waals surface area contributed by atoms with Crippen LogP contribution in [0.1, 0.15) is 30.1 Å². The van der Waals surface area contributed by atoms with E-state index in [-0.39, 0.29) is 12.1 Å². The second-order valence-corrected chi connectivity index (χ2v) is 5.12. The SMILES string of the molecule is CCCCNC(=O)[C@@H]1[C@@H](O)[C@@H](O)CN1C(=O)c1ccoc1. The summed E-state index contributed by atoms with van der Waals surface area (Å²) in [4.78, 5) is 25.7. The van der Waals surface area contributed by atoms with Crippen LogP contribution in [0.4, 0.5) is 0 Å². The van der Waals surface area contributed by atoms with Crippen molar-refractivity contribution in [2.45, 2.75) is 38.0 Å². The number of aliphatic hydroxyl groups is 2. The van der Waals surface area contributed by atoms with Crippen molar-refractivity contribution in [3.05, 3.63) is 24.2 Å². The van der Waals surface area contributed by atoms with Crippen LogP contribution in [0.5, 0.6) is 0 Å². The first-order chi connectivity index (χ1) is 10.1. The van der Waals surface area contributed by atoms with E-state index in [1.165, 1.54) is 23.5 Å². The van der Waals surface area contributed by atoms with Crippen LogP contribution in [0.15, 0.2) is 23.0 Å². The quantitative estimate of drug-likeness (QED) is 0.650. The van der Waals surface area contributed by atoms with Gasteiger partial charge in [-0.15, -0.1) is 0 Å². The van der Waals surface area contributed by atoms with Crippen LogP contribution in [-0.4, -0.2) is 58.3 Å². The van der Waals surface area contributed by atoms with Crippen molar-refractivity contribution in [3.8, 4) is 0 Å². The molecule has 21 heavy (non-hydrogen) atoms. The molecule has 3 N–H and O–H groups in total. The standard InChI is InChI=1S/C14H20N2O5/c1-2-3-5-15-13(19)11-12(18)10(17)7-16(11)14(20)9-4-6-21-8-9/h4,6,8,10-12,17-18H,2-3,5,7H2,1H3,(H,15,19)/t10-,11-,12-/m0/s1. The average molecular weight is 296 g/mol. The van der Waals surface area contributed by atoms with E-state index in [9.17, 15) is 19.8 Å². The van der Waals surface area contributed by atoms with Crippen LogP contribution >= 0.6 is 0 Å². The number of amides is 2. The predicted octanol–water partition coefficient (Wildman–Crippen LogP) is -0.258. The first kappa shape index (κ1) is 15.5. The molecule has 0 spiro atoms. The maximum atomic E-state index is 12.3. The van der Waals surface area contributed by atoms with E-state index in [1.54, 1.807) is 0 Å². The number of rotatable bonds is 5. The normalized spacial score (nSPS) is 25.1. The van der Waals surface area contributed by atoms with E-state index >= 15 is 0 Å². The monoisotopic (exact) mass is 296 g/mol. The van der Waals surface area contributed by atoms with E-state index in [1.807, 2.05) is 6.92 Å². The molecule has 1 aromatic rings. The van der Waals surface area contributed by atoms with Gasteiger partial charge in [0.1, 0.15) is 24.5 Å². The van der Waals surface area contributed by atoms with Crippen LogP contribution in [0.2, 0.25) is 0 Å². The number of aliphatic hydroxyl groups excluding tert-OH is 2. The van der Waals surface area contributed by atoms with Gasteiger partial charge in [-0.1, -0.05) is 13.3 Å². The smallest absolute Gasteiger partial charge is 0.257 e. The molecular formula is C14H20N2O5. The first-order valence-electron chi connectivity index (χ1n) is 7.03. The fourth-order valence-electron chi connectivity index (χ4n) is 2.37. The highest BCUT2D eigenvalue weighted by Crippen LogP contribution is 2.22. The van der Waals surface area contributed by atoms with Gasteiger partial charge in [-0.25, -0.2) is 0 Å². The Labute approximate surface area is 122 Å². The number of β-amino-alcohol motifs (C(OH)–C–C–N with tert-alkyl or cyclic N) is 1. The molecule has 7 heteroatoms. The van der Waals surface area contributed by atoms with Gasteiger partial charge in [0.05, 0.1) is 18.4 Å². The lowest BCUT2D eigenvalue weighted by Crippen LogP contribution is -2.50. The molecule has 1 fully saturated rings. The highest BCUT2D eigenvalue weighted by atomic mass is 16.3. The number of unbranched alkanes of at least 4 members (excludes halogenated alkanes) is 1. The Morgan fingerprint density at radius 1 is 1.48 bits per heavy atom. The summed E-state index contributed by atoms with van der Waals surface area (Å²) < 4.78 is 4.85. The topological polar surface area (TPSA) is 103 Å². The van der Waals surface area contributed by atoms with Crippen molar-refractivity contribution in [2.24, 2.45) is 0 Å². The molecule has 2 heterocycles. The minimum atomic E-state index is -1.29. The van der Waals surface area contributed by atoms with Gasteiger partial charge < -0.3 is 24.8 Å².